The Morgan fingerprint density at radius 2 is 1.77 bits per heavy atom. The molecule has 2 aromatic heterocycles. The van der Waals surface area contributed by atoms with Crippen LogP contribution in [-0.2, 0) is 6.54 Å². The van der Waals surface area contributed by atoms with Crippen LogP contribution in [0.15, 0.2) is 48.8 Å². The molecule has 5 nitrogen and oxygen atoms in total. The molecule has 26 heavy (non-hydrogen) atoms. The van der Waals surface area contributed by atoms with Crippen LogP contribution in [0.2, 0.25) is 5.02 Å². The number of ketones is 1. The number of carbonyl (C=O) groups is 1. The number of imidazole rings is 1. The lowest BCUT2D eigenvalue weighted by molar-refractivity contribution is 0.101. The lowest BCUT2D eigenvalue weighted by Gasteiger charge is -2.35. The molecule has 3 aromatic rings. The van der Waals surface area contributed by atoms with E-state index in [-0.39, 0.29) is 5.78 Å². The summed E-state index contributed by atoms with van der Waals surface area (Å²) in [6.07, 6.45) is 3.93. The molecule has 0 radical (unpaired) electrons. The normalized spacial score (nSPS) is 15.5. The van der Waals surface area contributed by atoms with Gasteiger partial charge >= 0.3 is 0 Å². The molecule has 0 atom stereocenters. The van der Waals surface area contributed by atoms with E-state index in [9.17, 15) is 4.79 Å². The average molecular weight is 369 g/mol. The smallest absolute Gasteiger partial charge is 0.159 e. The Bertz CT molecular complexity index is 927. The third-order valence-corrected chi connectivity index (χ3v) is 5.09. The third kappa shape index (κ3) is 3.59. The molecule has 0 aliphatic carbocycles. The van der Waals surface area contributed by atoms with Crippen molar-refractivity contribution in [1.29, 1.82) is 0 Å². The van der Waals surface area contributed by atoms with Crippen LogP contribution in [0.5, 0.6) is 0 Å². The maximum absolute atomic E-state index is 11.4. The van der Waals surface area contributed by atoms with Crippen molar-refractivity contribution >= 4 is 28.7 Å². The quantitative estimate of drug-likeness (QED) is 0.661. The highest BCUT2D eigenvalue weighted by Crippen LogP contribution is 2.19. The highest BCUT2D eigenvalue weighted by molar-refractivity contribution is 6.30. The van der Waals surface area contributed by atoms with Crippen molar-refractivity contribution in [3.05, 3.63) is 65.1 Å². The zero-order chi connectivity index (χ0) is 18.1. The summed E-state index contributed by atoms with van der Waals surface area (Å²) < 4.78 is 1.98. The molecule has 1 aliphatic rings. The molecule has 1 fully saturated rings. The predicted octanol–water partition coefficient (Wildman–Crippen LogP) is 3.51. The Labute approximate surface area is 157 Å². The first-order valence-electron chi connectivity index (χ1n) is 8.80. The van der Waals surface area contributed by atoms with E-state index in [1.54, 1.807) is 6.92 Å². The van der Waals surface area contributed by atoms with Gasteiger partial charge in [0.1, 0.15) is 5.65 Å². The summed E-state index contributed by atoms with van der Waals surface area (Å²) in [4.78, 5) is 20.9. The van der Waals surface area contributed by atoms with Crippen molar-refractivity contribution in [2.45, 2.75) is 13.5 Å². The molecule has 1 aliphatic heterocycles. The standard InChI is InChI=1S/C20H21ClN4O/c1-15(26)16-2-5-19(6-3-16)24-10-8-23(9-11-24)13-18-14-25-12-17(21)4-7-20(25)22-18/h2-7,12,14H,8-11,13H2,1H3. The van der Waals surface area contributed by atoms with E-state index in [1.165, 1.54) is 5.69 Å². The maximum atomic E-state index is 11.4. The number of Topliss-reactive ketones (excluding diaryl/α,β-unsaturated/α-hetero) is 1. The number of fused-ring (bicyclic) bond motifs is 1. The van der Waals surface area contributed by atoms with Crippen LogP contribution in [0.25, 0.3) is 5.65 Å². The molecule has 0 spiro atoms. The number of pyridine rings is 1. The summed E-state index contributed by atoms with van der Waals surface area (Å²) in [6, 6.07) is 11.7. The van der Waals surface area contributed by atoms with E-state index in [2.05, 4.69) is 14.8 Å². The molecule has 134 valence electrons. The fourth-order valence-corrected chi connectivity index (χ4v) is 3.56. The number of aromatic nitrogens is 2. The van der Waals surface area contributed by atoms with Gasteiger partial charge in [0.05, 0.1) is 10.7 Å². The van der Waals surface area contributed by atoms with Gasteiger partial charge in [0.25, 0.3) is 0 Å². The number of carbonyl (C=O) groups excluding carboxylic acids is 1. The second-order valence-corrected chi connectivity index (χ2v) is 7.15. The molecule has 0 bridgehead atoms. The minimum Gasteiger partial charge on any atom is -0.369 e. The van der Waals surface area contributed by atoms with E-state index >= 15 is 0 Å². The van der Waals surface area contributed by atoms with E-state index in [0.29, 0.717) is 5.02 Å². The van der Waals surface area contributed by atoms with Gasteiger partial charge in [-0.05, 0) is 43.3 Å². The van der Waals surface area contributed by atoms with Crippen molar-refractivity contribution in [3.63, 3.8) is 0 Å². The average Bonchev–Trinajstić information content (AvgIpc) is 3.03. The summed E-state index contributed by atoms with van der Waals surface area (Å²) in [6.45, 7) is 6.36. The molecule has 0 N–H and O–H groups in total. The van der Waals surface area contributed by atoms with Crippen molar-refractivity contribution in [3.8, 4) is 0 Å². The van der Waals surface area contributed by atoms with Gasteiger partial charge in [-0.2, -0.15) is 0 Å². The molecular weight excluding hydrogens is 348 g/mol. The second kappa shape index (κ2) is 7.09. The summed E-state index contributed by atoms with van der Waals surface area (Å²) in [5, 5.41) is 0.714. The molecule has 3 heterocycles. The Balaban J connectivity index is 1.37. The number of rotatable bonds is 4. The lowest BCUT2D eigenvalue weighted by Crippen LogP contribution is -2.46. The summed E-state index contributed by atoms with van der Waals surface area (Å²) in [7, 11) is 0. The Hall–Kier alpha value is -2.37. The van der Waals surface area contributed by atoms with Crippen LogP contribution in [0, 0.1) is 0 Å². The van der Waals surface area contributed by atoms with Gasteiger partial charge in [-0.3, -0.25) is 9.69 Å². The zero-order valence-electron chi connectivity index (χ0n) is 14.7. The van der Waals surface area contributed by atoms with E-state index in [1.807, 2.05) is 53.2 Å². The largest absolute Gasteiger partial charge is 0.369 e. The van der Waals surface area contributed by atoms with Crippen LogP contribution in [0.1, 0.15) is 23.0 Å². The van der Waals surface area contributed by atoms with E-state index in [0.717, 1.165) is 49.6 Å². The number of nitrogens with zero attached hydrogens (tertiary/aromatic N) is 4. The monoisotopic (exact) mass is 368 g/mol. The minimum atomic E-state index is 0.107. The van der Waals surface area contributed by atoms with Crippen LogP contribution in [0.4, 0.5) is 5.69 Å². The van der Waals surface area contributed by atoms with Gasteiger partial charge in [-0.1, -0.05) is 11.6 Å². The number of hydrogen-bond donors (Lipinski definition) is 0. The second-order valence-electron chi connectivity index (χ2n) is 6.71. The van der Waals surface area contributed by atoms with Gasteiger partial charge in [-0.15, -0.1) is 0 Å². The molecule has 6 heteroatoms. The summed E-state index contributed by atoms with van der Waals surface area (Å²) >= 11 is 6.04. The topological polar surface area (TPSA) is 40.9 Å². The van der Waals surface area contributed by atoms with Gasteiger partial charge in [0.2, 0.25) is 0 Å². The Kier molecular flexibility index (Phi) is 4.66. The van der Waals surface area contributed by atoms with Gasteiger partial charge in [-0.25, -0.2) is 4.98 Å². The third-order valence-electron chi connectivity index (χ3n) is 4.86. The fraction of sp³-hybridized carbons (Fsp3) is 0.300. The molecular formula is C20H21ClN4O. The Morgan fingerprint density at radius 3 is 2.46 bits per heavy atom. The highest BCUT2D eigenvalue weighted by Gasteiger charge is 2.18. The SMILES string of the molecule is CC(=O)c1ccc(N2CCN(Cc3cn4cc(Cl)ccc4n3)CC2)cc1. The van der Waals surface area contributed by atoms with Crippen LogP contribution < -0.4 is 4.90 Å². The van der Waals surface area contributed by atoms with Crippen LogP contribution in [-0.4, -0.2) is 46.2 Å². The first kappa shape index (κ1) is 17.1. The summed E-state index contributed by atoms with van der Waals surface area (Å²) in [5.74, 6) is 0.107. The molecule has 0 saturated carbocycles. The van der Waals surface area contributed by atoms with Crippen LogP contribution >= 0.6 is 11.6 Å². The van der Waals surface area contributed by atoms with Crippen molar-refractivity contribution in [1.82, 2.24) is 14.3 Å². The molecule has 0 unspecified atom stereocenters. The fourth-order valence-electron chi connectivity index (χ4n) is 3.39. The summed E-state index contributed by atoms with van der Waals surface area (Å²) in [5.41, 5.74) is 3.93. The van der Waals surface area contributed by atoms with Crippen molar-refractivity contribution < 1.29 is 4.79 Å². The molecule has 1 saturated heterocycles. The number of piperazine rings is 1. The minimum absolute atomic E-state index is 0.107. The van der Waals surface area contributed by atoms with Gasteiger partial charge < -0.3 is 9.30 Å². The van der Waals surface area contributed by atoms with Crippen molar-refractivity contribution in [2.24, 2.45) is 0 Å². The van der Waals surface area contributed by atoms with Gasteiger partial charge in [0, 0.05) is 56.4 Å². The number of benzene rings is 1. The van der Waals surface area contributed by atoms with Crippen molar-refractivity contribution in [2.75, 3.05) is 31.1 Å². The van der Waals surface area contributed by atoms with Gasteiger partial charge in [0.15, 0.2) is 5.78 Å². The number of hydrogen-bond acceptors (Lipinski definition) is 4. The Morgan fingerprint density at radius 1 is 1.04 bits per heavy atom. The lowest BCUT2D eigenvalue weighted by atomic mass is 10.1. The molecule has 4 rings (SSSR count). The van der Waals surface area contributed by atoms with Crippen LogP contribution in [0.3, 0.4) is 0 Å². The molecule has 1 aromatic carbocycles. The van der Waals surface area contributed by atoms with E-state index < -0.39 is 0 Å². The first-order chi connectivity index (χ1) is 12.6. The molecule has 0 amide bonds. The number of halogens is 1. The zero-order valence-corrected chi connectivity index (χ0v) is 15.5. The highest BCUT2D eigenvalue weighted by atomic mass is 35.5. The first-order valence-corrected chi connectivity index (χ1v) is 9.18. The predicted molar refractivity (Wildman–Crippen MR) is 104 cm³/mol. The number of anilines is 1. The van der Waals surface area contributed by atoms with E-state index in [4.69, 9.17) is 11.6 Å². The maximum Gasteiger partial charge on any atom is 0.159 e.